The molecule has 1 aromatic rings. The van der Waals surface area contributed by atoms with Crippen molar-refractivity contribution in [3.63, 3.8) is 0 Å². The van der Waals surface area contributed by atoms with Gasteiger partial charge in [0.2, 0.25) is 0 Å². The molecule has 0 saturated heterocycles. The van der Waals surface area contributed by atoms with Crippen molar-refractivity contribution in [1.29, 1.82) is 0 Å². The minimum atomic E-state index is 0.642. The molecule has 1 heterocycles. The van der Waals surface area contributed by atoms with E-state index in [1.807, 2.05) is 0 Å². The third-order valence-corrected chi connectivity index (χ3v) is 4.99. The minimum absolute atomic E-state index is 0.642. The van der Waals surface area contributed by atoms with Crippen LogP contribution in [0.4, 0.5) is 0 Å². The van der Waals surface area contributed by atoms with Crippen LogP contribution in [-0.4, -0.2) is 19.7 Å². The van der Waals surface area contributed by atoms with Gasteiger partial charge in [0.1, 0.15) is 5.75 Å². The Morgan fingerprint density at radius 3 is 2.79 bits per heavy atom. The summed E-state index contributed by atoms with van der Waals surface area (Å²) in [5.74, 6) is 3.53. The van der Waals surface area contributed by atoms with Crippen LogP contribution in [0.15, 0.2) is 24.3 Å². The number of benzene rings is 1. The Labute approximate surface area is 116 Å². The molecular weight excluding hydrogens is 234 g/mol. The van der Waals surface area contributed by atoms with E-state index in [0.29, 0.717) is 12.0 Å². The topological polar surface area (TPSA) is 21.3 Å². The van der Waals surface area contributed by atoms with Gasteiger partial charge in [-0.25, -0.2) is 0 Å². The van der Waals surface area contributed by atoms with E-state index in [2.05, 4.69) is 43.6 Å². The van der Waals surface area contributed by atoms with Gasteiger partial charge in [-0.3, -0.25) is 0 Å². The van der Waals surface area contributed by atoms with Crippen molar-refractivity contribution in [3.05, 3.63) is 29.8 Å². The molecule has 1 aromatic carbocycles. The van der Waals surface area contributed by atoms with E-state index < -0.39 is 0 Å². The summed E-state index contributed by atoms with van der Waals surface area (Å²) in [6.07, 6.45) is 5.27. The number of nitrogens with one attached hydrogen (secondary N) is 1. The Balaban J connectivity index is 1.72. The zero-order chi connectivity index (χ0) is 13.2. The van der Waals surface area contributed by atoms with Crippen molar-refractivity contribution in [2.75, 3.05) is 13.7 Å². The summed E-state index contributed by atoms with van der Waals surface area (Å²) in [5.41, 5.74) is 1.41. The Morgan fingerprint density at radius 2 is 2.05 bits per heavy atom. The molecule has 3 unspecified atom stereocenters. The first-order chi connectivity index (χ1) is 9.29. The highest BCUT2D eigenvalue weighted by molar-refractivity contribution is 5.37. The molecular formula is C17H25NO. The molecule has 0 radical (unpaired) electrons. The average Bonchev–Trinajstić information content (AvgIpc) is 3.28. The highest BCUT2D eigenvalue weighted by Crippen LogP contribution is 2.42. The first kappa shape index (κ1) is 13.0. The third-order valence-electron chi connectivity index (χ3n) is 4.99. The van der Waals surface area contributed by atoms with Crippen LogP contribution in [0.2, 0.25) is 0 Å². The Bertz CT molecular complexity index is 427. The Kier molecular flexibility index (Phi) is 3.79. The highest BCUT2D eigenvalue weighted by Gasteiger charge is 2.34. The maximum absolute atomic E-state index is 5.77. The lowest BCUT2D eigenvalue weighted by molar-refractivity contribution is 0.241. The van der Waals surface area contributed by atoms with Gasteiger partial charge >= 0.3 is 0 Å². The second kappa shape index (κ2) is 5.54. The molecule has 3 atom stereocenters. The van der Waals surface area contributed by atoms with Crippen molar-refractivity contribution >= 4 is 0 Å². The van der Waals surface area contributed by atoms with Crippen LogP contribution in [0.5, 0.6) is 5.75 Å². The van der Waals surface area contributed by atoms with Gasteiger partial charge < -0.3 is 10.1 Å². The smallest absolute Gasteiger partial charge is 0.122 e. The van der Waals surface area contributed by atoms with E-state index >= 15 is 0 Å². The van der Waals surface area contributed by atoms with E-state index in [0.717, 1.165) is 30.6 Å². The monoisotopic (exact) mass is 259 g/mol. The standard InChI is InChI=1S/C17H25NO/c1-12(13-7-8-13)16(18-2)11-14-9-10-19-17-6-4-3-5-15(14)17/h3-6,12-14,16,18H,7-11H2,1-2H3. The van der Waals surface area contributed by atoms with Gasteiger partial charge in [-0.2, -0.15) is 0 Å². The fraction of sp³-hybridized carbons (Fsp3) is 0.647. The predicted molar refractivity (Wildman–Crippen MR) is 78.6 cm³/mol. The Morgan fingerprint density at radius 1 is 1.26 bits per heavy atom. The van der Waals surface area contributed by atoms with Gasteiger partial charge in [-0.05, 0) is 62.1 Å². The molecule has 1 N–H and O–H groups in total. The minimum Gasteiger partial charge on any atom is -0.493 e. The number of hydrogen-bond donors (Lipinski definition) is 1. The predicted octanol–water partition coefficient (Wildman–Crippen LogP) is 3.58. The lowest BCUT2D eigenvalue weighted by Crippen LogP contribution is -2.35. The molecule has 2 nitrogen and oxygen atoms in total. The fourth-order valence-electron chi connectivity index (χ4n) is 3.51. The molecule has 3 rings (SSSR count). The molecule has 2 heteroatoms. The molecule has 0 spiro atoms. The summed E-state index contributed by atoms with van der Waals surface area (Å²) in [6.45, 7) is 3.29. The molecule has 1 fully saturated rings. The van der Waals surface area contributed by atoms with Crippen molar-refractivity contribution in [2.24, 2.45) is 11.8 Å². The average molecular weight is 259 g/mol. The van der Waals surface area contributed by atoms with Crippen LogP contribution in [0, 0.1) is 11.8 Å². The lowest BCUT2D eigenvalue weighted by atomic mass is 9.82. The summed E-state index contributed by atoms with van der Waals surface area (Å²) in [6, 6.07) is 9.21. The van der Waals surface area contributed by atoms with E-state index in [1.165, 1.54) is 24.8 Å². The van der Waals surface area contributed by atoms with Crippen molar-refractivity contribution in [2.45, 2.75) is 44.6 Å². The number of rotatable bonds is 5. The summed E-state index contributed by atoms with van der Waals surface area (Å²) >= 11 is 0. The van der Waals surface area contributed by atoms with Crippen LogP contribution >= 0.6 is 0 Å². The maximum atomic E-state index is 5.77. The first-order valence-corrected chi connectivity index (χ1v) is 7.68. The molecule has 1 aliphatic carbocycles. The first-order valence-electron chi connectivity index (χ1n) is 7.68. The van der Waals surface area contributed by atoms with Crippen LogP contribution in [0.25, 0.3) is 0 Å². The van der Waals surface area contributed by atoms with Crippen molar-refractivity contribution < 1.29 is 4.74 Å². The molecule has 1 saturated carbocycles. The number of fused-ring (bicyclic) bond motifs is 1. The second-order valence-corrected chi connectivity index (χ2v) is 6.20. The third kappa shape index (κ3) is 2.79. The van der Waals surface area contributed by atoms with E-state index in [9.17, 15) is 0 Å². The van der Waals surface area contributed by atoms with Crippen LogP contribution in [0.3, 0.4) is 0 Å². The molecule has 0 bridgehead atoms. The maximum Gasteiger partial charge on any atom is 0.122 e. The largest absolute Gasteiger partial charge is 0.493 e. The van der Waals surface area contributed by atoms with Gasteiger partial charge in [0.15, 0.2) is 0 Å². The molecule has 0 amide bonds. The van der Waals surface area contributed by atoms with Crippen molar-refractivity contribution in [3.8, 4) is 5.75 Å². The van der Waals surface area contributed by atoms with E-state index in [1.54, 1.807) is 0 Å². The summed E-state index contributed by atoms with van der Waals surface area (Å²) in [7, 11) is 2.12. The number of para-hydroxylation sites is 1. The SMILES string of the molecule is CNC(CC1CCOc2ccccc21)C(C)C1CC1. The van der Waals surface area contributed by atoms with Gasteiger partial charge in [0.05, 0.1) is 6.61 Å². The van der Waals surface area contributed by atoms with Crippen molar-refractivity contribution in [1.82, 2.24) is 5.32 Å². The zero-order valence-corrected chi connectivity index (χ0v) is 12.1. The number of hydrogen-bond acceptors (Lipinski definition) is 2. The normalized spacial score (nSPS) is 25.3. The second-order valence-electron chi connectivity index (χ2n) is 6.20. The van der Waals surface area contributed by atoms with Gasteiger partial charge in [-0.1, -0.05) is 25.1 Å². The molecule has 0 aromatic heterocycles. The molecule has 19 heavy (non-hydrogen) atoms. The lowest BCUT2D eigenvalue weighted by Gasteiger charge is -2.31. The summed E-state index contributed by atoms with van der Waals surface area (Å²) in [4.78, 5) is 0. The molecule has 2 aliphatic rings. The van der Waals surface area contributed by atoms with Gasteiger partial charge in [0.25, 0.3) is 0 Å². The van der Waals surface area contributed by atoms with E-state index in [4.69, 9.17) is 4.74 Å². The fourth-order valence-corrected chi connectivity index (χ4v) is 3.51. The van der Waals surface area contributed by atoms with Gasteiger partial charge in [0, 0.05) is 6.04 Å². The molecule has 104 valence electrons. The zero-order valence-electron chi connectivity index (χ0n) is 12.1. The van der Waals surface area contributed by atoms with Crippen LogP contribution in [0.1, 0.15) is 44.1 Å². The quantitative estimate of drug-likeness (QED) is 0.872. The van der Waals surface area contributed by atoms with E-state index in [-0.39, 0.29) is 0 Å². The number of ether oxygens (including phenoxy) is 1. The summed E-state index contributed by atoms with van der Waals surface area (Å²) in [5, 5.41) is 3.56. The van der Waals surface area contributed by atoms with Crippen LogP contribution < -0.4 is 10.1 Å². The molecule has 1 aliphatic heterocycles. The van der Waals surface area contributed by atoms with Crippen LogP contribution in [-0.2, 0) is 0 Å². The highest BCUT2D eigenvalue weighted by atomic mass is 16.5. The Hall–Kier alpha value is -1.02. The summed E-state index contributed by atoms with van der Waals surface area (Å²) < 4.78 is 5.77. The van der Waals surface area contributed by atoms with Gasteiger partial charge in [-0.15, -0.1) is 0 Å².